The third kappa shape index (κ3) is 85.4. The van der Waals surface area contributed by atoms with Crippen LogP contribution in [0.3, 0.4) is 0 Å². The molecule has 2 atom stereocenters. The Morgan fingerprint density at radius 3 is 0.518 bits per heavy atom. The molecule has 0 aliphatic heterocycles. The summed E-state index contributed by atoms with van der Waals surface area (Å²) in [5, 5.41) is 8.78. The summed E-state index contributed by atoms with van der Waals surface area (Å²) in [4.78, 5) is 88.0. The normalized spacial score (nSPS) is 12.3. The average Bonchev–Trinajstić information content (AvgIpc) is 0.949. The SMILES string of the molecule is CCCCCCCCC=CCCCCCCCC(=O)OCC(COC(=O)CCCCCCC/C=C\CCCCCCCC)OC(=O)CCCCCCCC=CCCCCCCCC(=O)OCC(COC(=O)CCCCCCC/C=C\CCCCCCCC)OC(=O)CCCCCCCC=CCCCCCCCC(=O)O. The Balaban J connectivity index is 4.74. The lowest BCUT2D eigenvalue weighted by Gasteiger charge is -2.18. The molecule has 0 aliphatic carbocycles. The number of carboxylic acid groups (broad SMARTS) is 1. The Bertz CT molecular complexity index is 2180. The fraction of sp³-hybridized carbons (Fsp3) is 0.823. The zero-order valence-corrected chi connectivity index (χ0v) is 71.5. The third-order valence-corrected chi connectivity index (χ3v) is 20.6. The molecule has 0 heterocycles. The second-order valence-corrected chi connectivity index (χ2v) is 31.5. The van der Waals surface area contributed by atoms with E-state index in [4.69, 9.17) is 33.5 Å². The van der Waals surface area contributed by atoms with Crippen LogP contribution in [-0.4, -0.2) is 85.5 Å². The molecular formula is C96H170O14. The molecule has 110 heavy (non-hydrogen) atoms. The summed E-state index contributed by atoms with van der Waals surface area (Å²) in [5.74, 6) is -2.75. The predicted molar refractivity (Wildman–Crippen MR) is 457 cm³/mol. The van der Waals surface area contributed by atoms with E-state index < -0.39 is 18.2 Å². The van der Waals surface area contributed by atoms with E-state index in [0.29, 0.717) is 38.5 Å². The van der Waals surface area contributed by atoms with Crippen molar-refractivity contribution >= 4 is 41.8 Å². The van der Waals surface area contributed by atoms with E-state index in [9.17, 15) is 33.6 Å². The maximum absolute atomic E-state index is 13.1. The molecule has 0 fully saturated rings. The van der Waals surface area contributed by atoms with Crippen molar-refractivity contribution in [1.82, 2.24) is 0 Å². The summed E-state index contributed by atoms with van der Waals surface area (Å²) in [6, 6.07) is 0. The number of aliphatic carboxylic acids is 1. The van der Waals surface area contributed by atoms with Crippen molar-refractivity contribution in [2.75, 3.05) is 26.4 Å². The predicted octanol–water partition coefficient (Wildman–Crippen LogP) is 28.2. The molecule has 0 radical (unpaired) electrons. The molecule has 0 amide bonds. The van der Waals surface area contributed by atoms with Crippen molar-refractivity contribution in [2.45, 2.75) is 482 Å². The highest BCUT2D eigenvalue weighted by molar-refractivity contribution is 5.72. The van der Waals surface area contributed by atoms with Crippen LogP contribution >= 0.6 is 0 Å². The third-order valence-electron chi connectivity index (χ3n) is 20.6. The molecule has 0 saturated heterocycles. The quantitative estimate of drug-likeness (QED) is 0.0261. The molecule has 0 spiro atoms. The van der Waals surface area contributed by atoms with Gasteiger partial charge in [-0.1, -0.05) is 313 Å². The number of hydrogen-bond acceptors (Lipinski definition) is 13. The van der Waals surface area contributed by atoms with Crippen LogP contribution in [0.1, 0.15) is 470 Å². The average molecular weight is 1550 g/mol. The molecule has 14 heteroatoms. The fourth-order valence-electron chi connectivity index (χ4n) is 13.5. The number of ether oxygens (including phenoxy) is 6. The minimum atomic E-state index is -0.850. The van der Waals surface area contributed by atoms with E-state index in [2.05, 4.69) is 81.5 Å². The van der Waals surface area contributed by atoms with E-state index in [0.717, 1.165) is 238 Å². The van der Waals surface area contributed by atoms with Crippen LogP contribution in [-0.2, 0) is 62.0 Å². The molecule has 1 N–H and O–H groups in total. The maximum atomic E-state index is 13.1. The summed E-state index contributed by atoms with van der Waals surface area (Å²) in [5.41, 5.74) is 0. The van der Waals surface area contributed by atoms with Crippen LogP contribution in [0.4, 0.5) is 0 Å². The first-order chi connectivity index (χ1) is 54.0. The van der Waals surface area contributed by atoms with E-state index >= 15 is 0 Å². The van der Waals surface area contributed by atoms with Gasteiger partial charge in [0.1, 0.15) is 26.4 Å². The lowest BCUT2D eigenvalue weighted by Crippen LogP contribution is -2.30. The second-order valence-electron chi connectivity index (χ2n) is 31.5. The number of unbranched alkanes of at least 4 members (excludes halogenated alkanes) is 53. The summed E-state index contributed by atoms with van der Waals surface area (Å²) in [6.45, 7) is 6.24. The lowest BCUT2D eigenvalue weighted by atomic mass is 10.1. The van der Waals surface area contributed by atoms with Crippen molar-refractivity contribution in [3.63, 3.8) is 0 Å². The monoisotopic (exact) mass is 1550 g/mol. The molecule has 0 bridgehead atoms. The van der Waals surface area contributed by atoms with Crippen LogP contribution in [0.15, 0.2) is 60.8 Å². The van der Waals surface area contributed by atoms with Gasteiger partial charge >= 0.3 is 41.8 Å². The summed E-state index contributed by atoms with van der Waals surface area (Å²) in [7, 11) is 0. The summed E-state index contributed by atoms with van der Waals surface area (Å²) in [6.07, 6.45) is 93.1. The van der Waals surface area contributed by atoms with Gasteiger partial charge in [0, 0.05) is 44.9 Å². The molecule has 14 nitrogen and oxygen atoms in total. The van der Waals surface area contributed by atoms with Gasteiger partial charge in [0.05, 0.1) is 0 Å². The Morgan fingerprint density at radius 2 is 0.345 bits per heavy atom. The molecule has 0 saturated carbocycles. The molecular weight excluding hydrogens is 1380 g/mol. The van der Waals surface area contributed by atoms with Crippen molar-refractivity contribution < 1.29 is 67.1 Å². The summed E-state index contributed by atoms with van der Waals surface area (Å²) < 4.78 is 33.9. The largest absolute Gasteiger partial charge is 0.481 e. The zero-order valence-electron chi connectivity index (χ0n) is 71.5. The molecule has 0 aromatic carbocycles. The standard InChI is InChI=1S/C96H170O14/c1-4-7-10-13-16-19-22-25-28-36-43-50-57-64-71-78-91(99)105-84-88(85-106-92(100)79-72-65-58-51-44-37-29-26-23-20-17-14-11-8-5-2)110-96(104)83-76-69-62-55-48-41-34-33-39-46-53-60-67-74-81-94(102)108-87-89(86-107-93(101)80-73-66-59-52-45-38-30-27-24-21-18-15-12-9-6-3)109-95(103)82-75-68-61-54-47-40-32-31-35-42-49-56-63-70-77-90(97)98/h25-34,88-89H,4-24,35-87H2,1-3H3,(H,97,98)/b28-25-,29-26?,30-27-,32-31?,34-33?. The number of allylic oxidation sites excluding steroid dienone is 10. The number of hydrogen-bond donors (Lipinski definition) is 1. The van der Waals surface area contributed by atoms with Gasteiger partial charge in [0.2, 0.25) is 0 Å². The Hall–Kier alpha value is -5.01. The Kier molecular flexibility index (Phi) is 83.9. The molecule has 0 aromatic heterocycles. The van der Waals surface area contributed by atoms with Gasteiger partial charge in [-0.3, -0.25) is 33.6 Å². The highest BCUT2D eigenvalue weighted by Gasteiger charge is 2.22. The van der Waals surface area contributed by atoms with Crippen LogP contribution in [0.2, 0.25) is 0 Å². The van der Waals surface area contributed by atoms with Crippen LogP contribution in [0, 0.1) is 0 Å². The topological polar surface area (TPSA) is 195 Å². The first-order valence-electron chi connectivity index (χ1n) is 46.5. The first kappa shape index (κ1) is 105. The minimum absolute atomic E-state index is 0.123. The number of rotatable bonds is 87. The first-order valence-corrected chi connectivity index (χ1v) is 46.5. The maximum Gasteiger partial charge on any atom is 0.306 e. The van der Waals surface area contributed by atoms with Gasteiger partial charge in [-0.05, 0) is 173 Å². The second kappa shape index (κ2) is 87.9. The van der Waals surface area contributed by atoms with Gasteiger partial charge in [0.15, 0.2) is 12.2 Å². The number of carboxylic acids is 1. The number of esters is 6. The highest BCUT2D eigenvalue weighted by Crippen LogP contribution is 2.19. The summed E-state index contributed by atoms with van der Waals surface area (Å²) >= 11 is 0. The van der Waals surface area contributed by atoms with E-state index in [1.54, 1.807) is 0 Å². The fourth-order valence-corrected chi connectivity index (χ4v) is 13.5. The van der Waals surface area contributed by atoms with E-state index in [1.807, 2.05) is 0 Å². The van der Waals surface area contributed by atoms with Crippen LogP contribution in [0.25, 0.3) is 0 Å². The molecule has 2 unspecified atom stereocenters. The van der Waals surface area contributed by atoms with Gasteiger partial charge in [0.25, 0.3) is 0 Å². The zero-order chi connectivity index (χ0) is 79.8. The highest BCUT2D eigenvalue weighted by atomic mass is 16.6. The Labute approximate surface area is 675 Å². The van der Waals surface area contributed by atoms with Gasteiger partial charge in [-0.15, -0.1) is 0 Å². The number of carbonyl (C=O) groups excluding carboxylic acids is 6. The van der Waals surface area contributed by atoms with Crippen molar-refractivity contribution in [1.29, 1.82) is 0 Å². The van der Waals surface area contributed by atoms with Gasteiger partial charge in [-0.2, -0.15) is 0 Å². The van der Waals surface area contributed by atoms with Crippen molar-refractivity contribution in [3.8, 4) is 0 Å². The van der Waals surface area contributed by atoms with Crippen molar-refractivity contribution in [2.24, 2.45) is 0 Å². The van der Waals surface area contributed by atoms with Crippen LogP contribution in [0.5, 0.6) is 0 Å². The van der Waals surface area contributed by atoms with Gasteiger partial charge < -0.3 is 33.5 Å². The van der Waals surface area contributed by atoms with Crippen molar-refractivity contribution in [3.05, 3.63) is 60.8 Å². The van der Waals surface area contributed by atoms with Gasteiger partial charge in [-0.25, -0.2) is 0 Å². The Morgan fingerprint density at radius 1 is 0.200 bits per heavy atom. The van der Waals surface area contributed by atoms with E-state index in [1.165, 1.54) is 148 Å². The molecule has 0 aromatic rings. The van der Waals surface area contributed by atoms with Crippen LogP contribution < -0.4 is 0 Å². The minimum Gasteiger partial charge on any atom is -0.481 e. The smallest absolute Gasteiger partial charge is 0.306 e. The molecule has 638 valence electrons. The number of carbonyl (C=O) groups is 7. The molecule has 0 aliphatic rings. The van der Waals surface area contributed by atoms with E-state index in [-0.39, 0.29) is 87.9 Å². The lowest BCUT2D eigenvalue weighted by molar-refractivity contribution is -0.167. The molecule has 0 rings (SSSR count).